The first kappa shape index (κ1) is 12.6. The van der Waals surface area contributed by atoms with Gasteiger partial charge in [0, 0.05) is 12.8 Å². The standard InChI is InChI=1S/C12H14F2O2/c1-9(11(15)16)7-12(13,14)8-10-5-3-2-4-6-10/h2-6,9H,7-8H2,1H3,(H,15,16). The van der Waals surface area contributed by atoms with E-state index in [4.69, 9.17) is 5.11 Å². The molecule has 1 N–H and O–H groups in total. The molecular weight excluding hydrogens is 214 g/mol. The molecule has 1 aromatic rings. The molecule has 0 aliphatic heterocycles. The van der Waals surface area contributed by atoms with Gasteiger partial charge in [0.05, 0.1) is 5.92 Å². The van der Waals surface area contributed by atoms with E-state index in [2.05, 4.69) is 0 Å². The van der Waals surface area contributed by atoms with Gasteiger partial charge < -0.3 is 5.11 Å². The lowest BCUT2D eigenvalue weighted by atomic mass is 9.97. The van der Waals surface area contributed by atoms with Crippen LogP contribution in [0.5, 0.6) is 0 Å². The van der Waals surface area contributed by atoms with Crippen LogP contribution in [0.3, 0.4) is 0 Å². The highest BCUT2D eigenvalue weighted by Gasteiger charge is 2.33. The molecule has 0 saturated carbocycles. The number of rotatable bonds is 5. The van der Waals surface area contributed by atoms with Crippen LogP contribution < -0.4 is 0 Å². The van der Waals surface area contributed by atoms with Gasteiger partial charge in [0.1, 0.15) is 0 Å². The number of hydrogen-bond acceptors (Lipinski definition) is 1. The monoisotopic (exact) mass is 228 g/mol. The first-order chi connectivity index (χ1) is 7.41. The van der Waals surface area contributed by atoms with Crippen molar-refractivity contribution in [1.82, 2.24) is 0 Å². The van der Waals surface area contributed by atoms with E-state index in [0.29, 0.717) is 5.56 Å². The third kappa shape index (κ3) is 3.96. The molecule has 0 aromatic heterocycles. The summed E-state index contributed by atoms with van der Waals surface area (Å²) in [6, 6.07) is 8.35. The number of alkyl halides is 2. The molecule has 0 aliphatic rings. The van der Waals surface area contributed by atoms with Crippen LogP contribution >= 0.6 is 0 Å². The zero-order valence-corrected chi connectivity index (χ0v) is 8.99. The van der Waals surface area contributed by atoms with Crippen molar-refractivity contribution in [3.05, 3.63) is 35.9 Å². The van der Waals surface area contributed by atoms with E-state index in [-0.39, 0.29) is 0 Å². The summed E-state index contributed by atoms with van der Waals surface area (Å²) >= 11 is 0. The lowest BCUT2D eigenvalue weighted by molar-refractivity contribution is -0.144. The first-order valence-corrected chi connectivity index (χ1v) is 5.05. The van der Waals surface area contributed by atoms with Crippen molar-refractivity contribution >= 4 is 5.97 Å². The van der Waals surface area contributed by atoms with Crippen molar-refractivity contribution < 1.29 is 18.7 Å². The summed E-state index contributed by atoms with van der Waals surface area (Å²) in [5.41, 5.74) is 0.519. The van der Waals surface area contributed by atoms with Crippen molar-refractivity contribution in [2.75, 3.05) is 0 Å². The Bertz CT molecular complexity index is 349. The summed E-state index contributed by atoms with van der Waals surface area (Å²) in [7, 11) is 0. The molecule has 0 fully saturated rings. The van der Waals surface area contributed by atoms with Gasteiger partial charge in [0.15, 0.2) is 0 Å². The number of hydrogen-bond donors (Lipinski definition) is 1. The Morgan fingerprint density at radius 1 is 1.38 bits per heavy atom. The number of halogens is 2. The normalized spacial score (nSPS) is 13.4. The topological polar surface area (TPSA) is 37.3 Å². The second-order valence-corrected chi connectivity index (χ2v) is 3.96. The lowest BCUT2D eigenvalue weighted by Crippen LogP contribution is -2.26. The second-order valence-electron chi connectivity index (χ2n) is 3.96. The van der Waals surface area contributed by atoms with Gasteiger partial charge in [-0.25, -0.2) is 8.78 Å². The van der Waals surface area contributed by atoms with Crippen molar-refractivity contribution in [3.8, 4) is 0 Å². The third-order valence-corrected chi connectivity index (χ3v) is 2.33. The van der Waals surface area contributed by atoms with Crippen molar-refractivity contribution in [1.29, 1.82) is 0 Å². The molecule has 4 heteroatoms. The van der Waals surface area contributed by atoms with Crippen LogP contribution in [-0.2, 0) is 11.2 Å². The highest BCUT2D eigenvalue weighted by Crippen LogP contribution is 2.27. The number of carbonyl (C=O) groups is 1. The lowest BCUT2D eigenvalue weighted by Gasteiger charge is -2.18. The van der Waals surface area contributed by atoms with Crippen LogP contribution in [0, 0.1) is 5.92 Å². The van der Waals surface area contributed by atoms with E-state index in [1.54, 1.807) is 30.3 Å². The zero-order chi connectivity index (χ0) is 12.2. The van der Waals surface area contributed by atoms with E-state index in [9.17, 15) is 13.6 Å². The Hall–Kier alpha value is -1.45. The van der Waals surface area contributed by atoms with Crippen molar-refractivity contribution in [3.63, 3.8) is 0 Å². The zero-order valence-electron chi connectivity index (χ0n) is 8.99. The predicted octanol–water partition coefficient (Wildman–Crippen LogP) is 2.98. The van der Waals surface area contributed by atoms with Gasteiger partial charge in [0.2, 0.25) is 0 Å². The Balaban J connectivity index is 2.61. The SMILES string of the molecule is CC(CC(F)(F)Cc1ccccc1)C(=O)O. The molecule has 0 saturated heterocycles. The van der Waals surface area contributed by atoms with Crippen LogP contribution in [0.1, 0.15) is 18.9 Å². The average Bonchev–Trinajstić information content (AvgIpc) is 2.17. The fraction of sp³-hybridized carbons (Fsp3) is 0.417. The highest BCUT2D eigenvalue weighted by molar-refractivity contribution is 5.69. The van der Waals surface area contributed by atoms with Crippen LogP contribution in [0.25, 0.3) is 0 Å². The molecular formula is C12H14F2O2. The Morgan fingerprint density at radius 3 is 2.44 bits per heavy atom. The Morgan fingerprint density at radius 2 is 1.94 bits per heavy atom. The molecule has 1 aromatic carbocycles. The van der Waals surface area contributed by atoms with Crippen molar-refractivity contribution in [2.24, 2.45) is 5.92 Å². The molecule has 0 bridgehead atoms. The van der Waals surface area contributed by atoms with E-state index in [1.807, 2.05) is 0 Å². The largest absolute Gasteiger partial charge is 0.481 e. The molecule has 1 unspecified atom stereocenters. The van der Waals surface area contributed by atoms with E-state index in [1.165, 1.54) is 6.92 Å². The molecule has 0 aliphatic carbocycles. The molecule has 1 rings (SSSR count). The summed E-state index contributed by atoms with van der Waals surface area (Å²) in [6.45, 7) is 1.29. The van der Waals surface area contributed by atoms with E-state index in [0.717, 1.165) is 0 Å². The maximum atomic E-state index is 13.5. The average molecular weight is 228 g/mol. The molecule has 88 valence electrons. The van der Waals surface area contributed by atoms with Gasteiger partial charge in [-0.15, -0.1) is 0 Å². The smallest absolute Gasteiger partial charge is 0.306 e. The van der Waals surface area contributed by atoms with Gasteiger partial charge in [-0.05, 0) is 5.56 Å². The van der Waals surface area contributed by atoms with Crippen molar-refractivity contribution in [2.45, 2.75) is 25.7 Å². The molecule has 2 nitrogen and oxygen atoms in total. The number of benzene rings is 1. The van der Waals surface area contributed by atoms with Crippen LogP contribution in [0.2, 0.25) is 0 Å². The summed E-state index contributed by atoms with van der Waals surface area (Å²) in [5, 5.41) is 8.58. The Kier molecular flexibility index (Phi) is 3.99. The summed E-state index contributed by atoms with van der Waals surface area (Å²) in [6.07, 6.45) is -1.04. The number of carboxylic acid groups (broad SMARTS) is 1. The maximum absolute atomic E-state index is 13.5. The quantitative estimate of drug-likeness (QED) is 0.841. The number of aliphatic carboxylic acids is 1. The third-order valence-electron chi connectivity index (χ3n) is 2.33. The van der Waals surface area contributed by atoms with Gasteiger partial charge in [0.25, 0.3) is 5.92 Å². The predicted molar refractivity (Wildman–Crippen MR) is 56.5 cm³/mol. The van der Waals surface area contributed by atoms with Gasteiger partial charge >= 0.3 is 5.97 Å². The van der Waals surface area contributed by atoms with E-state index >= 15 is 0 Å². The molecule has 0 heterocycles. The maximum Gasteiger partial charge on any atom is 0.306 e. The first-order valence-electron chi connectivity index (χ1n) is 5.05. The van der Waals surface area contributed by atoms with Gasteiger partial charge in [-0.2, -0.15) is 0 Å². The minimum atomic E-state index is -2.97. The fourth-order valence-electron chi connectivity index (χ4n) is 1.50. The van der Waals surface area contributed by atoms with Crippen LogP contribution in [0.4, 0.5) is 8.78 Å². The van der Waals surface area contributed by atoms with Crippen LogP contribution in [0.15, 0.2) is 30.3 Å². The fourth-order valence-corrected chi connectivity index (χ4v) is 1.50. The molecule has 0 spiro atoms. The molecule has 1 atom stereocenters. The molecule has 16 heavy (non-hydrogen) atoms. The van der Waals surface area contributed by atoms with E-state index < -0.39 is 30.7 Å². The van der Waals surface area contributed by atoms with Gasteiger partial charge in [-0.1, -0.05) is 37.3 Å². The van der Waals surface area contributed by atoms with Crippen LogP contribution in [-0.4, -0.2) is 17.0 Å². The Labute approximate surface area is 92.9 Å². The highest BCUT2D eigenvalue weighted by atomic mass is 19.3. The summed E-state index contributed by atoms with van der Waals surface area (Å²) < 4.78 is 26.9. The molecule has 0 radical (unpaired) electrons. The number of carboxylic acids is 1. The van der Waals surface area contributed by atoms with Gasteiger partial charge in [-0.3, -0.25) is 4.79 Å². The molecule has 0 amide bonds. The second kappa shape index (κ2) is 5.05. The minimum absolute atomic E-state index is 0.411. The summed E-state index contributed by atoms with van der Waals surface area (Å²) in [4.78, 5) is 10.5. The summed E-state index contributed by atoms with van der Waals surface area (Å²) in [5.74, 6) is -5.19. The minimum Gasteiger partial charge on any atom is -0.481 e.